The van der Waals surface area contributed by atoms with Crippen molar-refractivity contribution in [2.45, 2.75) is 31.5 Å². The third-order valence-electron chi connectivity index (χ3n) is 6.15. The van der Waals surface area contributed by atoms with Crippen molar-refractivity contribution >= 4 is 11.4 Å². The van der Waals surface area contributed by atoms with Crippen LogP contribution in [0.4, 0.5) is 0 Å². The zero-order valence-electron chi connectivity index (χ0n) is 16.2. The van der Waals surface area contributed by atoms with Crippen molar-refractivity contribution in [3.8, 4) is 0 Å². The van der Waals surface area contributed by atoms with E-state index in [4.69, 9.17) is 9.47 Å². The van der Waals surface area contributed by atoms with Gasteiger partial charge < -0.3 is 14.4 Å². The van der Waals surface area contributed by atoms with Crippen LogP contribution in [0.1, 0.15) is 24.8 Å². The lowest BCUT2D eigenvalue weighted by molar-refractivity contribution is -0.128. The summed E-state index contributed by atoms with van der Waals surface area (Å²) in [6.07, 6.45) is 4.46. The van der Waals surface area contributed by atoms with Gasteiger partial charge in [-0.2, -0.15) is 0 Å². The van der Waals surface area contributed by atoms with Crippen molar-refractivity contribution in [1.29, 1.82) is 0 Å². The van der Waals surface area contributed by atoms with Gasteiger partial charge in [-0.15, -0.1) is 0 Å². The Morgan fingerprint density at radius 3 is 2.67 bits per heavy atom. The molecule has 3 aliphatic rings. The molecule has 0 spiro atoms. The molecule has 1 aliphatic carbocycles. The molecule has 0 aromatic heterocycles. The van der Waals surface area contributed by atoms with E-state index in [2.05, 4.69) is 16.8 Å². The topological polar surface area (TPSA) is 42.0 Å². The normalized spacial score (nSPS) is 29.7. The second-order valence-electron chi connectivity index (χ2n) is 7.99. The van der Waals surface area contributed by atoms with Crippen LogP contribution < -0.4 is 0 Å². The van der Waals surface area contributed by atoms with Crippen molar-refractivity contribution < 1.29 is 14.3 Å². The predicted molar refractivity (Wildman–Crippen MR) is 105 cm³/mol. The van der Waals surface area contributed by atoms with E-state index in [0.717, 1.165) is 64.2 Å². The number of rotatable bonds is 5. The van der Waals surface area contributed by atoms with Gasteiger partial charge in [-0.25, -0.2) is 0 Å². The number of fused-ring (bicyclic) bond motifs is 1. The van der Waals surface area contributed by atoms with E-state index in [-0.39, 0.29) is 23.9 Å². The summed E-state index contributed by atoms with van der Waals surface area (Å²) in [6.45, 7) is 6.29. The van der Waals surface area contributed by atoms with Gasteiger partial charge >= 0.3 is 0 Å². The van der Waals surface area contributed by atoms with Crippen LogP contribution in [0, 0.1) is 5.92 Å². The molecule has 2 fully saturated rings. The number of nitrogens with zero attached hydrogens (tertiary/aromatic N) is 2. The Kier molecular flexibility index (Phi) is 5.91. The lowest BCUT2D eigenvalue weighted by Crippen LogP contribution is -2.46. The second-order valence-corrected chi connectivity index (χ2v) is 7.99. The number of ketones is 1. The quantitative estimate of drug-likeness (QED) is 0.796. The molecule has 4 rings (SSSR count). The molecule has 27 heavy (non-hydrogen) atoms. The van der Waals surface area contributed by atoms with E-state index in [9.17, 15) is 4.79 Å². The number of benzene rings is 1. The van der Waals surface area contributed by atoms with Crippen LogP contribution in [0.2, 0.25) is 0 Å². The number of hydrogen-bond donors (Lipinski definition) is 0. The number of carbonyl (C=O) groups excluding carboxylic acids is 1. The fraction of sp³-hybridized carbons (Fsp3) is 0.591. The minimum absolute atomic E-state index is 0.0253. The molecule has 1 saturated heterocycles. The Balaban J connectivity index is 1.27. The monoisotopic (exact) mass is 370 g/mol. The SMILES string of the molecule is CN1CCN(CCOC2CCC3C(=O)C(c4ccccc4)=COC3C2)CC1. The average molecular weight is 370 g/mol. The summed E-state index contributed by atoms with van der Waals surface area (Å²) in [5.74, 6) is 0.205. The number of carbonyl (C=O) groups is 1. The largest absolute Gasteiger partial charge is 0.496 e. The first kappa shape index (κ1) is 18.7. The van der Waals surface area contributed by atoms with Gasteiger partial charge in [0.25, 0.3) is 0 Å². The molecular formula is C22H30N2O3. The van der Waals surface area contributed by atoms with E-state index < -0.39 is 0 Å². The lowest BCUT2D eigenvalue weighted by Gasteiger charge is -2.38. The molecule has 1 aromatic carbocycles. The smallest absolute Gasteiger partial charge is 0.173 e. The summed E-state index contributed by atoms with van der Waals surface area (Å²) < 4.78 is 12.1. The third kappa shape index (κ3) is 4.42. The fourth-order valence-electron chi connectivity index (χ4n) is 4.36. The maximum Gasteiger partial charge on any atom is 0.173 e. The van der Waals surface area contributed by atoms with Gasteiger partial charge in [0.05, 0.1) is 30.5 Å². The number of Topliss-reactive ketones (excluding diaryl/α,β-unsaturated/α-hetero) is 1. The minimum Gasteiger partial charge on any atom is -0.496 e. The molecule has 0 N–H and O–H groups in total. The van der Waals surface area contributed by atoms with Crippen LogP contribution in [0.25, 0.3) is 5.57 Å². The van der Waals surface area contributed by atoms with Crippen LogP contribution in [0.15, 0.2) is 36.6 Å². The van der Waals surface area contributed by atoms with Crippen molar-refractivity contribution in [3.63, 3.8) is 0 Å². The van der Waals surface area contributed by atoms with Crippen molar-refractivity contribution in [2.75, 3.05) is 46.4 Å². The Morgan fingerprint density at radius 2 is 1.89 bits per heavy atom. The summed E-state index contributed by atoms with van der Waals surface area (Å²) in [6, 6.07) is 9.83. The number of allylic oxidation sites excluding steroid dienone is 1. The number of ether oxygens (including phenoxy) is 2. The van der Waals surface area contributed by atoms with Gasteiger partial charge in [-0.3, -0.25) is 9.69 Å². The molecule has 0 radical (unpaired) electrons. The molecule has 0 amide bonds. The molecule has 2 heterocycles. The Labute approximate surface area is 161 Å². The summed E-state index contributed by atoms with van der Waals surface area (Å²) in [4.78, 5) is 17.8. The van der Waals surface area contributed by atoms with E-state index in [1.165, 1.54) is 0 Å². The zero-order chi connectivity index (χ0) is 18.6. The standard InChI is InChI=1S/C22H30N2O3/c1-23-9-11-24(12-10-23)13-14-26-18-7-8-19-21(15-18)27-16-20(22(19)25)17-5-3-2-4-6-17/h2-6,16,18-19,21H,7-15H2,1H3. The molecule has 1 aromatic rings. The summed E-state index contributed by atoms with van der Waals surface area (Å²) in [5.41, 5.74) is 1.66. The van der Waals surface area contributed by atoms with Gasteiger partial charge in [0, 0.05) is 39.1 Å². The first-order valence-corrected chi connectivity index (χ1v) is 10.2. The van der Waals surface area contributed by atoms with Crippen LogP contribution in [0.3, 0.4) is 0 Å². The first-order valence-electron chi connectivity index (χ1n) is 10.2. The maximum absolute atomic E-state index is 12.9. The summed E-state index contributed by atoms with van der Waals surface area (Å²) >= 11 is 0. The molecule has 146 valence electrons. The second kappa shape index (κ2) is 8.55. The number of likely N-dealkylation sites (N-methyl/N-ethyl adjacent to an activating group) is 1. The van der Waals surface area contributed by atoms with Gasteiger partial charge in [0.15, 0.2) is 5.78 Å². The van der Waals surface area contributed by atoms with Crippen LogP contribution >= 0.6 is 0 Å². The van der Waals surface area contributed by atoms with Crippen molar-refractivity contribution in [1.82, 2.24) is 9.80 Å². The highest BCUT2D eigenvalue weighted by Gasteiger charge is 2.40. The van der Waals surface area contributed by atoms with Gasteiger partial charge in [0.2, 0.25) is 0 Å². The number of piperazine rings is 1. The van der Waals surface area contributed by atoms with Crippen molar-refractivity contribution in [3.05, 3.63) is 42.2 Å². The highest BCUT2D eigenvalue weighted by atomic mass is 16.5. The van der Waals surface area contributed by atoms with Crippen LogP contribution in [0.5, 0.6) is 0 Å². The Bertz CT molecular complexity index is 667. The highest BCUT2D eigenvalue weighted by molar-refractivity contribution is 6.22. The van der Waals surface area contributed by atoms with Crippen LogP contribution in [-0.4, -0.2) is 74.2 Å². The van der Waals surface area contributed by atoms with Gasteiger partial charge in [-0.05, 0) is 25.5 Å². The lowest BCUT2D eigenvalue weighted by atomic mass is 9.78. The third-order valence-corrected chi connectivity index (χ3v) is 6.15. The van der Waals surface area contributed by atoms with E-state index in [1.54, 1.807) is 6.26 Å². The molecule has 3 unspecified atom stereocenters. The predicted octanol–water partition coefficient (Wildman–Crippen LogP) is 2.43. The van der Waals surface area contributed by atoms with E-state index >= 15 is 0 Å². The average Bonchev–Trinajstić information content (AvgIpc) is 2.70. The van der Waals surface area contributed by atoms with E-state index in [1.807, 2.05) is 30.3 Å². The highest BCUT2D eigenvalue weighted by Crippen LogP contribution is 2.37. The number of hydrogen-bond acceptors (Lipinski definition) is 5. The first-order chi connectivity index (χ1) is 13.2. The van der Waals surface area contributed by atoms with Crippen molar-refractivity contribution in [2.24, 2.45) is 5.92 Å². The summed E-state index contributed by atoms with van der Waals surface area (Å²) in [7, 11) is 2.18. The Hall–Kier alpha value is -1.69. The molecular weight excluding hydrogens is 340 g/mol. The van der Waals surface area contributed by atoms with Crippen LogP contribution in [-0.2, 0) is 14.3 Å². The molecule has 5 heteroatoms. The summed E-state index contributed by atoms with van der Waals surface area (Å²) in [5, 5.41) is 0. The maximum atomic E-state index is 12.9. The van der Waals surface area contributed by atoms with E-state index in [0.29, 0.717) is 5.57 Å². The fourth-order valence-corrected chi connectivity index (χ4v) is 4.36. The zero-order valence-corrected chi connectivity index (χ0v) is 16.2. The molecule has 3 atom stereocenters. The molecule has 0 bridgehead atoms. The van der Waals surface area contributed by atoms with Gasteiger partial charge in [-0.1, -0.05) is 30.3 Å². The minimum atomic E-state index is -0.0349. The molecule has 1 saturated carbocycles. The molecule has 2 aliphatic heterocycles. The van der Waals surface area contributed by atoms with Gasteiger partial charge in [0.1, 0.15) is 6.10 Å². The molecule has 5 nitrogen and oxygen atoms in total. The Morgan fingerprint density at radius 1 is 1.11 bits per heavy atom.